The number of amides is 1. The van der Waals surface area contributed by atoms with Gasteiger partial charge in [-0.1, -0.05) is 32.9 Å². The van der Waals surface area contributed by atoms with Crippen LogP contribution in [-0.4, -0.2) is 33.0 Å². The molecule has 2 N–H and O–H groups in total. The Morgan fingerprint density at radius 3 is 2.48 bits per heavy atom. The molecular formula is C20H23N5O2. The van der Waals surface area contributed by atoms with E-state index in [1.807, 2.05) is 24.3 Å². The number of carbonyl (C=O) groups excluding carboxylic acids is 1. The fourth-order valence-corrected chi connectivity index (χ4v) is 2.48. The number of imidazole rings is 1. The minimum absolute atomic E-state index is 0.0681. The summed E-state index contributed by atoms with van der Waals surface area (Å²) >= 11 is 0. The van der Waals surface area contributed by atoms with Gasteiger partial charge in [-0.2, -0.15) is 0 Å². The lowest BCUT2D eigenvalue weighted by Crippen LogP contribution is -2.25. The topological polar surface area (TPSA) is 92.8 Å². The van der Waals surface area contributed by atoms with E-state index in [0.29, 0.717) is 6.54 Å². The fraction of sp³-hybridized carbons (Fsp3) is 0.300. The van der Waals surface area contributed by atoms with E-state index >= 15 is 0 Å². The zero-order valence-electron chi connectivity index (χ0n) is 15.9. The Balaban J connectivity index is 1.64. The highest BCUT2D eigenvalue weighted by Gasteiger charge is 2.17. The van der Waals surface area contributed by atoms with Crippen LogP contribution in [0.1, 0.15) is 42.9 Å². The second kappa shape index (κ2) is 7.57. The average Bonchev–Trinajstić information content (AvgIpc) is 3.16. The molecule has 1 amide bonds. The van der Waals surface area contributed by atoms with Gasteiger partial charge in [-0.25, -0.2) is 15.0 Å². The first kappa shape index (κ1) is 18.6. The molecule has 27 heavy (non-hydrogen) atoms. The molecule has 7 nitrogen and oxygen atoms in total. The third-order valence-electron chi connectivity index (χ3n) is 4.04. The Bertz CT molecular complexity index is 926. The maximum atomic E-state index is 12.3. The standard InChI is InChI=1S/C20H23N5O2/c1-20(2,3)19-24-12-15(25-19)11-23-18(26)17-21-9-14(10-22-17)13-6-5-7-16(8-13)27-4/h5-10,12H,11H2,1-4H3,(H,23,26)(H,24,25). The zero-order valence-corrected chi connectivity index (χ0v) is 15.9. The minimum atomic E-state index is -0.334. The molecule has 0 saturated carbocycles. The molecular weight excluding hydrogens is 342 g/mol. The number of nitrogens with one attached hydrogen (secondary N) is 2. The van der Waals surface area contributed by atoms with Gasteiger partial charge in [0.15, 0.2) is 0 Å². The second-order valence-electron chi connectivity index (χ2n) is 7.22. The van der Waals surface area contributed by atoms with E-state index in [2.05, 4.69) is 46.0 Å². The zero-order chi connectivity index (χ0) is 19.4. The smallest absolute Gasteiger partial charge is 0.289 e. The highest BCUT2D eigenvalue weighted by atomic mass is 16.5. The number of aromatic nitrogens is 4. The van der Waals surface area contributed by atoms with Crippen molar-refractivity contribution in [3.05, 3.63) is 60.2 Å². The molecule has 0 aliphatic rings. The lowest BCUT2D eigenvalue weighted by Gasteiger charge is -2.14. The van der Waals surface area contributed by atoms with Crippen molar-refractivity contribution in [2.24, 2.45) is 0 Å². The van der Waals surface area contributed by atoms with Crippen molar-refractivity contribution in [3.8, 4) is 16.9 Å². The summed E-state index contributed by atoms with van der Waals surface area (Å²) in [6.45, 7) is 6.56. The lowest BCUT2D eigenvalue weighted by atomic mass is 9.96. The van der Waals surface area contributed by atoms with Crippen LogP contribution < -0.4 is 10.1 Å². The molecule has 0 atom stereocenters. The highest BCUT2D eigenvalue weighted by Crippen LogP contribution is 2.22. The number of methoxy groups -OCH3 is 1. The van der Waals surface area contributed by atoms with Crippen LogP contribution >= 0.6 is 0 Å². The molecule has 0 aliphatic carbocycles. The molecule has 0 bridgehead atoms. The van der Waals surface area contributed by atoms with Gasteiger partial charge in [-0.3, -0.25) is 4.79 Å². The normalized spacial score (nSPS) is 11.3. The lowest BCUT2D eigenvalue weighted by molar-refractivity contribution is 0.0940. The summed E-state index contributed by atoms with van der Waals surface area (Å²) in [5.74, 6) is 1.42. The number of hydrogen-bond acceptors (Lipinski definition) is 5. The molecule has 140 valence electrons. The van der Waals surface area contributed by atoms with Crippen LogP contribution in [0.25, 0.3) is 11.1 Å². The van der Waals surface area contributed by atoms with E-state index in [1.165, 1.54) is 0 Å². The van der Waals surface area contributed by atoms with Crippen LogP contribution in [-0.2, 0) is 12.0 Å². The Kier molecular flexibility index (Phi) is 5.21. The molecule has 0 radical (unpaired) electrons. The molecule has 3 aromatic rings. The first-order chi connectivity index (χ1) is 12.9. The molecule has 0 spiro atoms. The van der Waals surface area contributed by atoms with Gasteiger partial charge >= 0.3 is 0 Å². The van der Waals surface area contributed by atoms with Crippen molar-refractivity contribution in [1.29, 1.82) is 0 Å². The summed E-state index contributed by atoms with van der Waals surface area (Å²) in [6, 6.07) is 7.59. The van der Waals surface area contributed by atoms with Gasteiger partial charge in [0.05, 0.1) is 25.5 Å². The van der Waals surface area contributed by atoms with Crippen LogP contribution in [0, 0.1) is 0 Å². The van der Waals surface area contributed by atoms with Gasteiger partial charge in [-0.05, 0) is 17.7 Å². The summed E-state index contributed by atoms with van der Waals surface area (Å²) in [5, 5.41) is 2.80. The van der Waals surface area contributed by atoms with Gasteiger partial charge in [0.25, 0.3) is 5.91 Å². The number of nitrogens with zero attached hydrogens (tertiary/aromatic N) is 3. The molecule has 7 heteroatoms. The first-order valence-corrected chi connectivity index (χ1v) is 8.66. The summed E-state index contributed by atoms with van der Waals surface area (Å²) in [7, 11) is 1.62. The number of aromatic amines is 1. The van der Waals surface area contributed by atoms with Gasteiger partial charge in [0.1, 0.15) is 11.6 Å². The molecule has 3 rings (SSSR count). The molecule has 0 aliphatic heterocycles. The van der Waals surface area contributed by atoms with Gasteiger partial charge in [0.2, 0.25) is 5.82 Å². The molecule has 2 heterocycles. The Morgan fingerprint density at radius 2 is 1.85 bits per heavy atom. The largest absolute Gasteiger partial charge is 0.497 e. The van der Waals surface area contributed by atoms with E-state index < -0.39 is 0 Å². The molecule has 0 unspecified atom stereocenters. The van der Waals surface area contributed by atoms with E-state index in [0.717, 1.165) is 28.4 Å². The van der Waals surface area contributed by atoms with Crippen molar-refractivity contribution < 1.29 is 9.53 Å². The quantitative estimate of drug-likeness (QED) is 0.725. The third kappa shape index (κ3) is 4.49. The highest BCUT2D eigenvalue weighted by molar-refractivity contribution is 5.90. The second-order valence-corrected chi connectivity index (χ2v) is 7.22. The number of ether oxygens (including phenoxy) is 1. The summed E-state index contributed by atoms with van der Waals surface area (Å²) < 4.78 is 5.22. The van der Waals surface area contributed by atoms with Crippen molar-refractivity contribution in [2.45, 2.75) is 32.7 Å². The molecule has 1 aromatic carbocycles. The maximum Gasteiger partial charge on any atom is 0.289 e. The summed E-state index contributed by atoms with van der Waals surface area (Å²) in [5.41, 5.74) is 2.50. The first-order valence-electron chi connectivity index (χ1n) is 8.66. The van der Waals surface area contributed by atoms with Crippen LogP contribution in [0.3, 0.4) is 0 Å². The average molecular weight is 365 g/mol. The van der Waals surface area contributed by atoms with Crippen molar-refractivity contribution in [2.75, 3.05) is 7.11 Å². The predicted octanol–water partition coefficient (Wildman–Crippen LogP) is 3.10. The minimum Gasteiger partial charge on any atom is -0.497 e. The van der Waals surface area contributed by atoms with E-state index in [9.17, 15) is 4.79 Å². The van der Waals surface area contributed by atoms with Crippen molar-refractivity contribution in [3.63, 3.8) is 0 Å². The fourth-order valence-electron chi connectivity index (χ4n) is 2.48. The van der Waals surface area contributed by atoms with Gasteiger partial charge in [-0.15, -0.1) is 0 Å². The van der Waals surface area contributed by atoms with Crippen LogP contribution in [0.2, 0.25) is 0 Å². The molecule has 2 aromatic heterocycles. The van der Waals surface area contributed by atoms with Gasteiger partial charge < -0.3 is 15.0 Å². The summed E-state index contributed by atoms with van der Waals surface area (Å²) in [4.78, 5) is 28.2. The number of hydrogen-bond donors (Lipinski definition) is 2. The van der Waals surface area contributed by atoms with E-state index in [4.69, 9.17) is 4.74 Å². The van der Waals surface area contributed by atoms with Gasteiger partial charge in [0, 0.05) is 23.4 Å². The number of H-pyrrole nitrogens is 1. The van der Waals surface area contributed by atoms with E-state index in [1.54, 1.807) is 25.7 Å². The number of benzene rings is 1. The van der Waals surface area contributed by atoms with E-state index in [-0.39, 0.29) is 17.1 Å². The number of rotatable bonds is 5. The summed E-state index contributed by atoms with van der Waals surface area (Å²) in [6.07, 6.45) is 4.99. The van der Waals surface area contributed by atoms with Crippen LogP contribution in [0.5, 0.6) is 5.75 Å². The Hall–Kier alpha value is -3.22. The third-order valence-corrected chi connectivity index (χ3v) is 4.04. The molecule has 0 fully saturated rings. The SMILES string of the molecule is COc1cccc(-c2cnc(C(=O)NCc3cnc(C(C)(C)C)[nH]3)nc2)c1. The maximum absolute atomic E-state index is 12.3. The number of carbonyl (C=O) groups is 1. The Labute approximate surface area is 158 Å². The monoisotopic (exact) mass is 365 g/mol. The molecule has 0 saturated heterocycles. The van der Waals surface area contributed by atoms with Crippen molar-refractivity contribution >= 4 is 5.91 Å². The van der Waals surface area contributed by atoms with Crippen LogP contribution in [0.4, 0.5) is 0 Å². The Morgan fingerprint density at radius 1 is 1.11 bits per heavy atom. The van der Waals surface area contributed by atoms with Crippen LogP contribution in [0.15, 0.2) is 42.9 Å². The predicted molar refractivity (Wildman–Crippen MR) is 102 cm³/mol. The van der Waals surface area contributed by atoms with Crippen molar-refractivity contribution in [1.82, 2.24) is 25.3 Å².